The fourth-order valence-electron chi connectivity index (χ4n) is 5.36. The number of hydrogen-bond donors (Lipinski definition) is 0. The lowest BCUT2D eigenvalue weighted by Gasteiger charge is -2.41. The molecule has 1 fully saturated rings. The molecule has 3 unspecified atom stereocenters. The van der Waals surface area contributed by atoms with Crippen molar-refractivity contribution in [2.75, 3.05) is 0 Å². The van der Waals surface area contributed by atoms with Crippen molar-refractivity contribution in [2.45, 2.75) is 64.0 Å². The van der Waals surface area contributed by atoms with Gasteiger partial charge in [0.05, 0.1) is 5.56 Å². The van der Waals surface area contributed by atoms with E-state index in [1.165, 1.54) is 43.4 Å². The van der Waals surface area contributed by atoms with Crippen LogP contribution in [0.1, 0.15) is 68.1 Å². The van der Waals surface area contributed by atoms with Gasteiger partial charge in [-0.3, -0.25) is 0 Å². The molecule has 150 valence electrons. The summed E-state index contributed by atoms with van der Waals surface area (Å²) in [6.45, 7) is 2.24. The first-order chi connectivity index (χ1) is 13.4. The summed E-state index contributed by atoms with van der Waals surface area (Å²) >= 11 is 0. The van der Waals surface area contributed by atoms with Gasteiger partial charge in [0.2, 0.25) is 0 Å². The van der Waals surface area contributed by atoms with Gasteiger partial charge >= 0.3 is 6.18 Å². The van der Waals surface area contributed by atoms with E-state index in [2.05, 4.69) is 6.92 Å². The SMILES string of the molecule is CCCC1CCC2c3cc(F)c(-c4ccc(C(F)(F)F)cc4)cc3CCC2C1. The van der Waals surface area contributed by atoms with E-state index in [1.807, 2.05) is 6.07 Å². The zero-order valence-electron chi connectivity index (χ0n) is 16.2. The molecule has 0 amide bonds. The van der Waals surface area contributed by atoms with E-state index < -0.39 is 11.7 Å². The Hall–Kier alpha value is -1.84. The Bertz CT molecular complexity index is 835. The van der Waals surface area contributed by atoms with E-state index in [4.69, 9.17) is 0 Å². The molecule has 0 radical (unpaired) electrons. The molecule has 0 N–H and O–H groups in total. The van der Waals surface area contributed by atoms with Gasteiger partial charge in [-0.25, -0.2) is 4.39 Å². The third kappa shape index (κ3) is 3.70. The van der Waals surface area contributed by atoms with Crippen LogP contribution in [0.2, 0.25) is 0 Å². The van der Waals surface area contributed by atoms with Gasteiger partial charge < -0.3 is 0 Å². The van der Waals surface area contributed by atoms with Crippen LogP contribution in [0, 0.1) is 17.7 Å². The summed E-state index contributed by atoms with van der Waals surface area (Å²) < 4.78 is 53.3. The second-order valence-electron chi connectivity index (χ2n) is 8.48. The third-order valence-corrected chi connectivity index (χ3v) is 6.72. The summed E-state index contributed by atoms with van der Waals surface area (Å²) in [4.78, 5) is 0. The van der Waals surface area contributed by atoms with E-state index >= 15 is 0 Å². The lowest BCUT2D eigenvalue weighted by atomic mass is 9.64. The predicted octanol–water partition coefficient (Wildman–Crippen LogP) is 7.76. The monoisotopic (exact) mass is 390 g/mol. The molecule has 2 aliphatic carbocycles. The Labute approximate surface area is 164 Å². The molecule has 0 nitrogen and oxygen atoms in total. The minimum Gasteiger partial charge on any atom is -0.206 e. The van der Waals surface area contributed by atoms with Gasteiger partial charge in [-0.1, -0.05) is 31.9 Å². The minimum absolute atomic E-state index is 0.324. The molecule has 0 heterocycles. The van der Waals surface area contributed by atoms with Crippen LogP contribution in [0.3, 0.4) is 0 Å². The van der Waals surface area contributed by atoms with Gasteiger partial charge in [0, 0.05) is 5.56 Å². The van der Waals surface area contributed by atoms with Crippen molar-refractivity contribution in [1.29, 1.82) is 0 Å². The number of rotatable bonds is 3. The Morgan fingerprint density at radius 3 is 2.43 bits per heavy atom. The molecule has 2 aliphatic rings. The maximum atomic E-state index is 14.9. The molecule has 3 atom stereocenters. The molecular formula is C24H26F4. The number of alkyl halides is 3. The lowest BCUT2D eigenvalue weighted by molar-refractivity contribution is -0.137. The summed E-state index contributed by atoms with van der Waals surface area (Å²) in [7, 11) is 0. The maximum Gasteiger partial charge on any atom is 0.416 e. The molecule has 4 rings (SSSR count). The van der Waals surface area contributed by atoms with Gasteiger partial charge in [0.25, 0.3) is 0 Å². The van der Waals surface area contributed by atoms with Crippen LogP contribution in [0.25, 0.3) is 11.1 Å². The molecule has 0 aliphatic heterocycles. The molecule has 0 bridgehead atoms. The highest BCUT2D eigenvalue weighted by Crippen LogP contribution is 2.48. The fourth-order valence-corrected chi connectivity index (χ4v) is 5.36. The summed E-state index contributed by atoms with van der Waals surface area (Å²) in [5.74, 6) is 1.57. The van der Waals surface area contributed by atoms with Crippen LogP contribution in [0.4, 0.5) is 17.6 Å². The van der Waals surface area contributed by atoms with Gasteiger partial charge in [-0.15, -0.1) is 0 Å². The van der Waals surface area contributed by atoms with E-state index in [0.717, 1.165) is 42.9 Å². The van der Waals surface area contributed by atoms with E-state index in [-0.39, 0.29) is 5.82 Å². The molecule has 2 aromatic carbocycles. The van der Waals surface area contributed by atoms with Crippen molar-refractivity contribution in [3.05, 3.63) is 58.9 Å². The van der Waals surface area contributed by atoms with Crippen LogP contribution in [-0.4, -0.2) is 0 Å². The number of aryl methyl sites for hydroxylation is 1. The van der Waals surface area contributed by atoms with Gasteiger partial charge in [0.1, 0.15) is 5.82 Å². The zero-order chi connectivity index (χ0) is 19.9. The summed E-state index contributed by atoms with van der Waals surface area (Å²) in [6, 6.07) is 8.34. The molecular weight excluding hydrogens is 364 g/mol. The fraction of sp³-hybridized carbons (Fsp3) is 0.500. The van der Waals surface area contributed by atoms with Crippen molar-refractivity contribution in [3.63, 3.8) is 0 Å². The molecule has 4 heteroatoms. The first kappa shape index (κ1) is 19.5. The maximum absolute atomic E-state index is 14.9. The number of halogens is 4. The lowest BCUT2D eigenvalue weighted by Crippen LogP contribution is -2.28. The Balaban J connectivity index is 1.61. The molecule has 1 saturated carbocycles. The number of fused-ring (bicyclic) bond motifs is 3. The summed E-state index contributed by atoms with van der Waals surface area (Å²) in [5, 5.41) is 0. The molecule has 0 saturated heterocycles. The normalized spacial score (nSPS) is 24.5. The largest absolute Gasteiger partial charge is 0.416 e. The summed E-state index contributed by atoms with van der Waals surface area (Å²) in [6.07, 6.45) is 3.80. The van der Waals surface area contributed by atoms with Gasteiger partial charge in [0.15, 0.2) is 0 Å². The van der Waals surface area contributed by atoms with Crippen molar-refractivity contribution >= 4 is 0 Å². The van der Waals surface area contributed by atoms with Gasteiger partial charge in [-0.2, -0.15) is 13.2 Å². The number of benzene rings is 2. The highest BCUT2D eigenvalue weighted by atomic mass is 19.4. The van der Waals surface area contributed by atoms with E-state index in [1.54, 1.807) is 6.07 Å². The average Bonchev–Trinajstić information content (AvgIpc) is 2.67. The smallest absolute Gasteiger partial charge is 0.206 e. The van der Waals surface area contributed by atoms with Crippen molar-refractivity contribution in [1.82, 2.24) is 0 Å². The van der Waals surface area contributed by atoms with E-state index in [9.17, 15) is 17.6 Å². The van der Waals surface area contributed by atoms with Crippen molar-refractivity contribution in [3.8, 4) is 11.1 Å². The Kier molecular flexibility index (Phi) is 5.24. The summed E-state index contributed by atoms with van der Waals surface area (Å²) in [5.41, 5.74) is 2.51. The second kappa shape index (κ2) is 7.53. The van der Waals surface area contributed by atoms with Crippen LogP contribution < -0.4 is 0 Å². The zero-order valence-corrected chi connectivity index (χ0v) is 16.2. The molecule has 0 spiro atoms. The second-order valence-corrected chi connectivity index (χ2v) is 8.48. The highest BCUT2D eigenvalue weighted by Gasteiger charge is 2.35. The van der Waals surface area contributed by atoms with E-state index in [0.29, 0.717) is 23.0 Å². The predicted molar refractivity (Wildman–Crippen MR) is 104 cm³/mol. The average molecular weight is 390 g/mol. The van der Waals surface area contributed by atoms with Crippen LogP contribution >= 0.6 is 0 Å². The standard InChI is InChI=1S/C24H26F4/c1-2-3-15-4-11-20-17(12-15)5-6-18-13-22(23(25)14-21(18)20)16-7-9-19(10-8-16)24(26,27)28/h7-10,13-15,17,20H,2-6,11-12H2,1H3. The quantitative estimate of drug-likeness (QED) is 0.470. The highest BCUT2D eigenvalue weighted by molar-refractivity contribution is 5.66. The Morgan fingerprint density at radius 2 is 1.75 bits per heavy atom. The first-order valence-electron chi connectivity index (χ1n) is 10.4. The topological polar surface area (TPSA) is 0 Å². The Morgan fingerprint density at radius 1 is 1.00 bits per heavy atom. The molecule has 0 aromatic heterocycles. The van der Waals surface area contributed by atoms with Crippen LogP contribution in [0.15, 0.2) is 36.4 Å². The van der Waals surface area contributed by atoms with Gasteiger partial charge in [-0.05, 0) is 90.8 Å². The molecule has 28 heavy (non-hydrogen) atoms. The van der Waals surface area contributed by atoms with Crippen LogP contribution in [0.5, 0.6) is 0 Å². The minimum atomic E-state index is -4.38. The van der Waals surface area contributed by atoms with Crippen molar-refractivity contribution < 1.29 is 17.6 Å². The third-order valence-electron chi connectivity index (χ3n) is 6.72. The number of hydrogen-bond acceptors (Lipinski definition) is 0. The van der Waals surface area contributed by atoms with Crippen molar-refractivity contribution in [2.24, 2.45) is 11.8 Å². The molecule has 2 aromatic rings. The van der Waals surface area contributed by atoms with Crippen LogP contribution in [-0.2, 0) is 12.6 Å². The first-order valence-corrected chi connectivity index (χ1v) is 10.4.